The van der Waals surface area contributed by atoms with E-state index in [0.29, 0.717) is 0 Å². The van der Waals surface area contributed by atoms with Crippen LogP contribution in [0.2, 0.25) is 0 Å². The highest BCUT2D eigenvalue weighted by atomic mass is 35.5. The molecule has 1 aliphatic heterocycles. The van der Waals surface area contributed by atoms with Gasteiger partial charge < -0.3 is 14.2 Å². The molecule has 0 radical (unpaired) electrons. The molecule has 2 aliphatic rings. The third-order valence-electron chi connectivity index (χ3n) is 3.06. The van der Waals surface area contributed by atoms with Gasteiger partial charge in [-0.25, -0.2) is 9.78 Å². The Morgan fingerprint density at radius 1 is 1.37 bits per heavy atom. The van der Waals surface area contributed by atoms with Crippen molar-refractivity contribution in [2.24, 2.45) is 0 Å². The molecular formula is C10H11Cl3O6. The van der Waals surface area contributed by atoms with E-state index in [4.69, 9.17) is 53.9 Å². The smallest absolute Gasteiger partial charge is 0.234 e. The van der Waals surface area contributed by atoms with Crippen molar-refractivity contribution in [1.29, 1.82) is 0 Å². The Bertz CT molecular complexity index is 415. The predicted octanol–water partition coefficient (Wildman–Crippen LogP) is 1.88. The van der Waals surface area contributed by atoms with Crippen LogP contribution < -0.4 is 0 Å². The number of alkyl halides is 1. The zero-order valence-electron chi connectivity index (χ0n) is 10.1. The normalized spacial score (nSPS) is 34.4. The molecule has 0 spiro atoms. The molecule has 6 nitrogen and oxygen atoms in total. The molecule has 0 aromatic rings. The molecule has 2 unspecified atom stereocenters. The maximum atomic E-state index is 12.2. The summed E-state index contributed by atoms with van der Waals surface area (Å²) in [6.07, 6.45) is -0.959. The molecule has 19 heavy (non-hydrogen) atoms. The molecule has 0 aromatic carbocycles. The van der Waals surface area contributed by atoms with Crippen LogP contribution in [0.3, 0.4) is 0 Å². The van der Waals surface area contributed by atoms with E-state index < -0.39 is 22.7 Å². The van der Waals surface area contributed by atoms with E-state index in [0.717, 1.165) is 0 Å². The molecule has 0 aromatic heterocycles. The van der Waals surface area contributed by atoms with Crippen LogP contribution >= 0.6 is 34.8 Å². The van der Waals surface area contributed by atoms with Crippen molar-refractivity contribution in [2.45, 2.75) is 23.4 Å². The van der Waals surface area contributed by atoms with Crippen LogP contribution in [0.15, 0.2) is 10.1 Å². The van der Waals surface area contributed by atoms with Gasteiger partial charge in [0.25, 0.3) is 0 Å². The van der Waals surface area contributed by atoms with Gasteiger partial charge in [0.2, 0.25) is 11.6 Å². The molecule has 1 aliphatic carbocycles. The van der Waals surface area contributed by atoms with E-state index in [1.54, 1.807) is 0 Å². The van der Waals surface area contributed by atoms with Gasteiger partial charge in [-0.05, 0) is 0 Å². The Hall–Kier alpha value is 0.0800. The molecule has 2 rings (SSSR count). The van der Waals surface area contributed by atoms with Crippen molar-refractivity contribution in [3.8, 4) is 0 Å². The fourth-order valence-corrected chi connectivity index (χ4v) is 3.37. The topological polar surface area (TPSA) is 63.2 Å². The summed E-state index contributed by atoms with van der Waals surface area (Å²) < 4.78 is 15.5. The van der Waals surface area contributed by atoms with E-state index in [2.05, 4.69) is 4.89 Å². The Balaban J connectivity index is 2.38. The fourth-order valence-electron chi connectivity index (χ4n) is 2.11. The molecule has 1 saturated heterocycles. The molecule has 1 fully saturated rings. The lowest BCUT2D eigenvalue weighted by Crippen LogP contribution is -2.55. The summed E-state index contributed by atoms with van der Waals surface area (Å²) in [6.45, 7) is -0.0618. The number of carbonyl (C=O) groups excluding carboxylic acids is 1. The summed E-state index contributed by atoms with van der Waals surface area (Å²) in [5.74, 6) is -2.32. The number of rotatable bonds is 4. The number of Topliss-reactive ketones (excluding diaryl/α,β-unsaturated/α-hetero) is 1. The molecule has 0 amide bonds. The van der Waals surface area contributed by atoms with Crippen molar-refractivity contribution >= 4 is 40.6 Å². The van der Waals surface area contributed by atoms with Crippen LogP contribution in [0, 0.1) is 0 Å². The number of hydrogen-bond acceptors (Lipinski definition) is 6. The second-order valence-corrected chi connectivity index (χ2v) is 5.32. The average molecular weight is 334 g/mol. The summed E-state index contributed by atoms with van der Waals surface area (Å²) in [5, 5.41) is -0.350. The zero-order valence-corrected chi connectivity index (χ0v) is 12.3. The zero-order chi connectivity index (χ0) is 14.3. The first kappa shape index (κ1) is 15.5. The van der Waals surface area contributed by atoms with Crippen LogP contribution in [0.4, 0.5) is 0 Å². The molecule has 2 atom stereocenters. The lowest BCUT2D eigenvalue weighted by atomic mass is 9.94. The maximum Gasteiger partial charge on any atom is 0.234 e. The van der Waals surface area contributed by atoms with Crippen molar-refractivity contribution in [1.82, 2.24) is 0 Å². The van der Waals surface area contributed by atoms with Gasteiger partial charge in [-0.1, -0.05) is 23.2 Å². The third kappa shape index (κ3) is 2.11. The van der Waals surface area contributed by atoms with Crippen LogP contribution in [0.1, 0.15) is 6.42 Å². The highest BCUT2D eigenvalue weighted by Gasteiger charge is 2.66. The largest absolute Gasteiger partial charge is 0.347 e. The van der Waals surface area contributed by atoms with E-state index in [9.17, 15) is 4.79 Å². The SMILES string of the molecule is COC1(OC)C(Cl)=C(Cl)C(=O)C1(Cl)CC1OCOO1. The first-order chi connectivity index (χ1) is 8.93. The number of halogens is 3. The lowest BCUT2D eigenvalue weighted by Gasteiger charge is -2.38. The van der Waals surface area contributed by atoms with Crippen LogP contribution in [0.5, 0.6) is 0 Å². The minimum Gasteiger partial charge on any atom is -0.347 e. The first-order valence-corrected chi connectivity index (χ1v) is 6.36. The van der Waals surface area contributed by atoms with Crippen molar-refractivity contribution in [2.75, 3.05) is 21.0 Å². The van der Waals surface area contributed by atoms with Gasteiger partial charge in [-0.3, -0.25) is 4.79 Å². The summed E-state index contributed by atoms with van der Waals surface area (Å²) >= 11 is 18.3. The van der Waals surface area contributed by atoms with Gasteiger partial charge in [0.05, 0.1) is 0 Å². The molecule has 0 saturated carbocycles. The standard InChI is InChI=1S/C10H11Cl3O6/c1-15-10(16-2)7(12)6(11)8(14)9(10,13)3-5-17-4-18-19-5/h5H,3-4H2,1-2H3. The van der Waals surface area contributed by atoms with E-state index in [1.807, 2.05) is 0 Å². The van der Waals surface area contributed by atoms with Crippen LogP contribution in [-0.2, 0) is 28.8 Å². The predicted molar refractivity (Wildman–Crippen MR) is 65.6 cm³/mol. The monoisotopic (exact) mass is 332 g/mol. The highest BCUT2D eigenvalue weighted by molar-refractivity contribution is 6.57. The van der Waals surface area contributed by atoms with Gasteiger partial charge in [-0.2, -0.15) is 0 Å². The molecule has 1 heterocycles. The van der Waals surface area contributed by atoms with Crippen LogP contribution in [0.25, 0.3) is 0 Å². The summed E-state index contributed by atoms with van der Waals surface area (Å²) in [6, 6.07) is 0. The maximum absolute atomic E-state index is 12.2. The quantitative estimate of drug-likeness (QED) is 0.445. The number of methoxy groups -OCH3 is 2. The molecule has 108 valence electrons. The minimum absolute atomic E-state index is 0.0618. The van der Waals surface area contributed by atoms with E-state index in [1.165, 1.54) is 14.2 Å². The fraction of sp³-hybridized carbons (Fsp3) is 0.700. The van der Waals surface area contributed by atoms with Crippen molar-refractivity contribution in [3.63, 3.8) is 0 Å². The highest BCUT2D eigenvalue weighted by Crippen LogP contribution is 2.53. The van der Waals surface area contributed by atoms with E-state index in [-0.39, 0.29) is 23.3 Å². The van der Waals surface area contributed by atoms with Crippen molar-refractivity contribution < 1.29 is 28.8 Å². The second kappa shape index (κ2) is 5.46. The van der Waals surface area contributed by atoms with Crippen LogP contribution in [-0.4, -0.2) is 43.7 Å². The van der Waals surface area contributed by atoms with Gasteiger partial charge in [0.1, 0.15) is 10.1 Å². The Kier molecular flexibility index (Phi) is 4.45. The first-order valence-electron chi connectivity index (χ1n) is 5.22. The van der Waals surface area contributed by atoms with Gasteiger partial charge >= 0.3 is 0 Å². The summed E-state index contributed by atoms with van der Waals surface area (Å²) in [4.78, 5) is 19.9. The molecule has 9 heteroatoms. The van der Waals surface area contributed by atoms with Gasteiger partial charge in [0, 0.05) is 20.6 Å². The molecule has 0 bridgehead atoms. The second-order valence-electron chi connectivity index (χ2n) is 3.92. The summed E-state index contributed by atoms with van der Waals surface area (Å²) in [7, 11) is 2.61. The number of ketones is 1. The average Bonchev–Trinajstić information content (AvgIpc) is 2.94. The minimum atomic E-state index is -1.71. The Morgan fingerprint density at radius 3 is 2.47 bits per heavy atom. The number of carbonyl (C=O) groups is 1. The van der Waals surface area contributed by atoms with Gasteiger partial charge in [0.15, 0.2) is 18.0 Å². The van der Waals surface area contributed by atoms with Crippen molar-refractivity contribution in [3.05, 3.63) is 10.1 Å². The molecule has 0 N–H and O–H groups in total. The van der Waals surface area contributed by atoms with Gasteiger partial charge in [-0.15, -0.1) is 11.6 Å². The number of allylic oxidation sites excluding steroid dienone is 1. The Morgan fingerprint density at radius 2 is 2.00 bits per heavy atom. The number of ether oxygens (including phenoxy) is 3. The lowest BCUT2D eigenvalue weighted by molar-refractivity contribution is -0.284. The number of hydrogen-bond donors (Lipinski definition) is 0. The third-order valence-corrected chi connectivity index (χ3v) is 4.53. The molecular weight excluding hydrogens is 322 g/mol. The summed E-state index contributed by atoms with van der Waals surface area (Å²) in [5.41, 5.74) is 0. The van der Waals surface area contributed by atoms with E-state index >= 15 is 0 Å². The Labute approximate surface area is 124 Å².